The van der Waals surface area contributed by atoms with E-state index in [2.05, 4.69) is 40.8 Å². The second-order valence-corrected chi connectivity index (χ2v) is 12.1. The monoisotopic (exact) mass is 434 g/mol. The summed E-state index contributed by atoms with van der Waals surface area (Å²) in [5.41, 5.74) is 0.958. The van der Waals surface area contributed by atoms with Crippen LogP contribution < -0.4 is 0 Å². The Bertz CT molecular complexity index is 927. The van der Waals surface area contributed by atoms with Gasteiger partial charge in [-0.05, 0) is 117 Å². The molecule has 172 valence electrons. The van der Waals surface area contributed by atoms with E-state index >= 15 is 0 Å². The Hall–Kier alpha value is -1.67. The van der Waals surface area contributed by atoms with Crippen LogP contribution in [-0.2, 0) is 6.54 Å². The van der Waals surface area contributed by atoms with Crippen molar-refractivity contribution in [2.24, 2.45) is 46.8 Å². The van der Waals surface area contributed by atoms with Gasteiger partial charge in [0, 0.05) is 5.92 Å². The molecule has 5 aliphatic carbocycles. The van der Waals surface area contributed by atoms with E-state index in [9.17, 15) is 5.11 Å². The van der Waals surface area contributed by atoms with Crippen LogP contribution in [0.2, 0.25) is 0 Å². The van der Waals surface area contributed by atoms with Crippen molar-refractivity contribution in [3.63, 3.8) is 0 Å². The lowest BCUT2D eigenvalue weighted by Gasteiger charge is -2.57. The van der Waals surface area contributed by atoms with Crippen molar-refractivity contribution in [1.82, 2.24) is 20.2 Å². The Morgan fingerprint density at radius 3 is 2.69 bits per heavy atom. The molecule has 0 unspecified atom stereocenters. The average Bonchev–Trinajstić information content (AvgIpc) is 3.34. The lowest BCUT2D eigenvalue weighted by molar-refractivity contribution is -0.0875. The number of fused-ring (bicyclic) bond motifs is 5. The van der Waals surface area contributed by atoms with Crippen LogP contribution in [0.1, 0.15) is 77.6 Å². The van der Waals surface area contributed by atoms with Gasteiger partial charge in [0.15, 0.2) is 6.33 Å². The molecule has 5 aliphatic rings. The van der Waals surface area contributed by atoms with Crippen molar-refractivity contribution in [2.75, 3.05) is 0 Å². The third-order valence-electron chi connectivity index (χ3n) is 10.3. The largest absolute Gasteiger partial charge is 0.378 e. The summed E-state index contributed by atoms with van der Waals surface area (Å²) in [6.07, 6.45) is 14.9. The van der Waals surface area contributed by atoms with E-state index in [0.717, 1.165) is 36.5 Å². The quantitative estimate of drug-likeness (QED) is 0.556. The zero-order valence-corrected chi connectivity index (χ0v) is 19.5. The third kappa shape index (κ3) is 3.54. The van der Waals surface area contributed by atoms with E-state index in [0.29, 0.717) is 29.7 Å². The molecule has 6 rings (SSSR count). The summed E-state index contributed by atoms with van der Waals surface area (Å²) in [4.78, 5) is 1.69. The molecule has 1 heterocycles. The van der Waals surface area contributed by atoms with Gasteiger partial charge in [-0.15, -0.1) is 10.2 Å². The SMILES string of the molecule is C=C(Cn1ncnn1)[C@H]1CC[C@H]2[C@@H]3CC[C@H]4C[C@](O)(C#CC5CC5)CC[C@@H]4[C@H]3CC[C@]12C. The van der Waals surface area contributed by atoms with E-state index < -0.39 is 5.60 Å². The summed E-state index contributed by atoms with van der Waals surface area (Å²) in [6.45, 7) is 7.76. The molecule has 1 N–H and O–H groups in total. The lowest BCUT2D eigenvalue weighted by Crippen LogP contribution is -2.50. The molecule has 0 aliphatic heterocycles. The molecule has 5 nitrogen and oxygen atoms in total. The molecule has 32 heavy (non-hydrogen) atoms. The summed E-state index contributed by atoms with van der Waals surface area (Å²) in [5, 5.41) is 23.3. The highest BCUT2D eigenvalue weighted by Crippen LogP contribution is 2.65. The Kier molecular flexibility index (Phi) is 5.02. The summed E-state index contributed by atoms with van der Waals surface area (Å²) in [7, 11) is 0. The van der Waals surface area contributed by atoms with Crippen LogP contribution in [0.5, 0.6) is 0 Å². The fourth-order valence-corrected chi connectivity index (χ4v) is 8.68. The van der Waals surface area contributed by atoms with Gasteiger partial charge in [-0.1, -0.05) is 30.9 Å². The fourth-order valence-electron chi connectivity index (χ4n) is 8.68. The molecule has 5 fully saturated rings. The average molecular weight is 435 g/mol. The topological polar surface area (TPSA) is 63.8 Å². The van der Waals surface area contributed by atoms with Gasteiger partial charge in [0.2, 0.25) is 0 Å². The summed E-state index contributed by atoms with van der Waals surface area (Å²) >= 11 is 0. The normalized spacial score (nSPS) is 45.2. The van der Waals surface area contributed by atoms with Crippen molar-refractivity contribution in [1.29, 1.82) is 0 Å². The molecule has 8 atom stereocenters. The van der Waals surface area contributed by atoms with Crippen LogP contribution in [-0.4, -0.2) is 30.9 Å². The molecule has 0 aromatic carbocycles. The van der Waals surface area contributed by atoms with E-state index in [-0.39, 0.29) is 0 Å². The van der Waals surface area contributed by atoms with Crippen molar-refractivity contribution >= 4 is 0 Å². The second kappa shape index (κ2) is 7.69. The minimum absolute atomic E-state index is 0.372. The Labute approximate surface area is 192 Å². The molecule has 0 amide bonds. The number of rotatable bonds is 3. The molecule has 0 spiro atoms. The van der Waals surface area contributed by atoms with Crippen LogP contribution in [0, 0.1) is 58.7 Å². The highest BCUT2D eigenvalue weighted by atomic mass is 16.3. The van der Waals surface area contributed by atoms with Gasteiger partial charge in [-0.2, -0.15) is 4.80 Å². The Morgan fingerprint density at radius 2 is 1.91 bits per heavy atom. The number of allylic oxidation sites excluding steroid dienone is 1. The van der Waals surface area contributed by atoms with Gasteiger partial charge in [0.05, 0.1) is 6.54 Å². The van der Waals surface area contributed by atoms with Gasteiger partial charge in [0.1, 0.15) is 5.60 Å². The van der Waals surface area contributed by atoms with Crippen molar-refractivity contribution < 1.29 is 5.11 Å². The molecular weight excluding hydrogens is 396 g/mol. The minimum Gasteiger partial charge on any atom is -0.378 e. The molecule has 0 bridgehead atoms. The van der Waals surface area contributed by atoms with Crippen molar-refractivity contribution in [3.8, 4) is 11.8 Å². The fraction of sp³-hybridized carbons (Fsp3) is 0.815. The maximum Gasteiger partial charge on any atom is 0.162 e. The zero-order valence-electron chi connectivity index (χ0n) is 19.5. The van der Waals surface area contributed by atoms with Gasteiger partial charge < -0.3 is 5.11 Å². The maximum atomic E-state index is 11.2. The van der Waals surface area contributed by atoms with Gasteiger partial charge in [-0.25, -0.2) is 0 Å². The predicted molar refractivity (Wildman–Crippen MR) is 123 cm³/mol. The summed E-state index contributed by atoms with van der Waals surface area (Å²) in [5.74, 6) is 11.9. The van der Waals surface area contributed by atoms with Crippen molar-refractivity contribution in [2.45, 2.75) is 89.7 Å². The first-order valence-corrected chi connectivity index (χ1v) is 13.1. The minimum atomic E-state index is -0.703. The standard InChI is InChI=1S/C27H38N4O/c1-18(16-31-29-17-28-30-31)24-7-8-25-23-6-5-20-15-27(32,13-9-19-3-4-19)14-11-21(20)22(23)10-12-26(24,25)2/h17,19-25,32H,1,3-8,10-12,14-16H2,2H3/t20-,21-,22+,23+,24+,25-,26+,27-/m0/s1. The van der Waals surface area contributed by atoms with Gasteiger partial charge >= 0.3 is 0 Å². The molecule has 1 aromatic heterocycles. The van der Waals surface area contributed by atoms with Gasteiger partial charge in [-0.3, -0.25) is 0 Å². The number of aliphatic hydroxyl groups is 1. The van der Waals surface area contributed by atoms with Crippen LogP contribution >= 0.6 is 0 Å². The number of hydrogen-bond donors (Lipinski definition) is 1. The third-order valence-corrected chi connectivity index (χ3v) is 10.3. The highest BCUT2D eigenvalue weighted by molar-refractivity contribution is 5.21. The highest BCUT2D eigenvalue weighted by Gasteiger charge is 2.58. The van der Waals surface area contributed by atoms with Crippen LogP contribution in [0.25, 0.3) is 0 Å². The molecule has 0 radical (unpaired) electrons. The van der Waals surface area contributed by atoms with E-state index in [1.807, 2.05) is 0 Å². The van der Waals surface area contributed by atoms with E-state index in [1.165, 1.54) is 69.7 Å². The molecule has 5 heteroatoms. The first-order chi connectivity index (χ1) is 15.5. The zero-order chi connectivity index (χ0) is 21.9. The van der Waals surface area contributed by atoms with E-state index in [1.54, 1.807) is 4.80 Å². The maximum absolute atomic E-state index is 11.2. The van der Waals surface area contributed by atoms with Gasteiger partial charge in [0.25, 0.3) is 0 Å². The first kappa shape index (κ1) is 20.9. The Morgan fingerprint density at radius 1 is 1.06 bits per heavy atom. The molecule has 1 aromatic rings. The summed E-state index contributed by atoms with van der Waals surface area (Å²) < 4.78 is 0. The number of tetrazole rings is 1. The lowest BCUT2D eigenvalue weighted by atomic mass is 9.48. The number of nitrogens with zero attached hydrogens (tertiary/aromatic N) is 4. The second-order valence-electron chi connectivity index (χ2n) is 12.1. The first-order valence-electron chi connectivity index (χ1n) is 13.1. The number of hydrogen-bond acceptors (Lipinski definition) is 4. The van der Waals surface area contributed by atoms with E-state index in [4.69, 9.17) is 0 Å². The summed E-state index contributed by atoms with van der Waals surface area (Å²) in [6, 6.07) is 0. The van der Waals surface area contributed by atoms with Crippen molar-refractivity contribution in [3.05, 3.63) is 18.5 Å². The van der Waals surface area contributed by atoms with Crippen LogP contribution in [0.15, 0.2) is 18.5 Å². The van der Waals surface area contributed by atoms with Crippen LogP contribution in [0.3, 0.4) is 0 Å². The molecule has 0 saturated heterocycles. The predicted octanol–water partition coefficient (Wildman–Crippen LogP) is 4.64. The smallest absolute Gasteiger partial charge is 0.162 e. The molecule has 5 saturated carbocycles. The van der Waals surface area contributed by atoms with Crippen LogP contribution in [0.4, 0.5) is 0 Å². The Balaban J connectivity index is 1.15. The molecular formula is C27H38N4O. The number of aromatic nitrogens is 4.